The molecule has 1 aromatic rings. The van der Waals surface area contributed by atoms with Crippen LogP contribution in [0.25, 0.3) is 0 Å². The Bertz CT molecular complexity index is 300. The van der Waals surface area contributed by atoms with E-state index < -0.39 is 11.9 Å². The third-order valence-corrected chi connectivity index (χ3v) is 1.23. The molecule has 0 aromatic heterocycles. The molecule has 13 heavy (non-hydrogen) atoms. The second-order valence-electron chi connectivity index (χ2n) is 2.13. The van der Waals surface area contributed by atoms with Gasteiger partial charge in [-0.05, 0) is 12.1 Å². The van der Waals surface area contributed by atoms with Gasteiger partial charge < -0.3 is 10.4 Å². The molecule has 0 fully saturated rings. The van der Waals surface area contributed by atoms with Gasteiger partial charge in [-0.2, -0.15) is 0 Å². The van der Waals surface area contributed by atoms with Gasteiger partial charge in [0.25, 0.3) is 0 Å². The SMILES string of the molecule is Cl.O=C(O)C(=O)Nc1ccccc1. The van der Waals surface area contributed by atoms with Gasteiger partial charge >= 0.3 is 11.9 Å². The summed E-state index contributed by atoms with van der Waals surface area (Å²) in [6, 6.07) is 8.41. The summed E-state index contributed by atoms with van der Waals surface area (Å²) in [5.41, 5.74) is 0.477. The number of benzene rings is 1. The molecule has 0 spiro atoms. The Morgan fingerprint density at radius 2 is 1.69 bits per heavy atom. The number of hydrogen-bond acceptors (Lipinski definition) is 2. The van der Waals surface area contributed by atoms with Gasteiger partial charge in [0.1, 0.15) is 0 Å². The van der Waals surface area contributed by atoms with Gasteiger partial charge in [0.2, 0.25) is 0 Å². The number of carboxylic acids is 1. The summed E-state index contributed by atoms with van der Waals surface area (Å²) in [4.78, 5) is 20.7. The summed E-state index contributed by atoms with van der Waals surface area (Å²) in [7, 11) is 0. The Labute approximate surface area is 81.0 Å². The highest BCUT2D eigenvalue weighted by Crippen LogP contribution is 2.03. The lowest BCUT2D eigenvalue weighted by Crippen LogP contribution is -2.21. The summed E-state index contributed by atoms with van der Waals surface area (Å²) in [5.74, 6) is -2.51. The van der Waals surface area contributed by atoms with Crippen molar-refractivity contribution in [2.45, 2.75) is 0 Å². The molecule has 70 valence electrons. The number of amides is 1. The molecule has 0 saturated carbocycles. The number of rotatable bonds is 1. The second-order valence-corrected chi connectivity index (χ2v) is 2.13. The zero-order chi connectivity index (χ0) is 8.97. The lowest BCUT2D eigenvalue weighted by atomic mass is 10.3. The third-order valence-electron chi connectivity index (χ3n) is 1.23. The zero-order valence-corrected chi connectivity index (χ0v) is 7.38. The van der Waals surface area contributed by atoms with Crippen LogP contribution in [0.2, 0.25) is 0 Å². The van der Waals surface area contributed by atoms with Crippen LogP contribution in [0.4, 0.5) is 5.69 Å². The fourth-order valence-corrected chi connectivity index (χ4v) is 0.706. The Hall–Kier alpha value is -1.55. The van der Waals surface area contributed by atoms with E-state index in [1.807, 2.05) is 0 Å². The van der Waals surface area contributed by atoms with Crippen LogP contribution in [-0.4, -0.2) is 17.0 Å². The number of nitrogens with one attached hydrogen (secondary N) is 1. The van der Waals surface area contributed by atoms with E-state index in [9.17, 15) is 9.59 Å². The highest BCUT2D eigenvalue weighted by Gasteiger charge is 2.09. The highest BCUT2D eigenvalue weighted by atomic mass is 35.5. The molecule has 0 saturated heterocycles. The molecule has 0 bridgehead atoms. The molecular formula is C8H8ClNO3. The predicted octanol–water partition coefficient (Wildman–Crippen LogP) is 1.13. The fourth-order valence-electron chi connectivity index (χ4n) is 0.706. The second kappa shape index (κ2) is 5.16. The van der Waals surface area contributed by atoms with Crippen LogP contribution in [0.5, 0.6) is 0 Å². The van der Waals surface area contributed by atoms with Gasteiger partial charge in [0.05, 0.1) is 0 Å². The lowest BCUT2D eigenvalue weighted by Gasteiger charge is -1.99. The molecule has 1 rings (SSSR count). The van der Waals surface area contributed by atoms with Crippen LogP contribution >= 0.6 is 12.4 Å². The molecule has 0 aliphatic rings. The molecule has 2 N–H and O–H groups in total. The van der Waals surface area contributed by atoms with Gasteiger partial charge in [0, 0.05) is 5.69 Å². The molecule has 0 atom stereocenters. The van der Waals surface area contributed by atoms with Gasteiger partial charge in [-0.3, -0.25) is 4.79 Å². The number of carbonyl (C=O) groups is 2. The van der Waals surface area contributed by atoms with E-state index in [1.165, 1.54) is 0 Å². The molecule has 0 heterocycles. The maximum absolute atomic E-state index is 10.6. The van der Waals surface area contributed by atoms with E-state index in [4.69, 9.17) is 5.11 Å². The first kappa shape index (κ1) is 11.4. The Balaban J connectivity index is 0.00000144. The molecular weight excluding hydrogens is 194 g/mol. The van der Waals surface area contributed by atoms with Gasteiger partial charge in [0.15, 0.2) is 0 Å². The largest absolute Gasteiger partial charge is 0.474 e. The zero-order valence-electron chi connectivity index (χ0n) is 6.56. The van der Waals surface area contributed by atoms with Crippen LogP contribution in [0.3, 0.4) is 0 Å². The first-order chi connectivity index (χ1) is 5.70. The van der Waals surface area contributed by atoms with Crippen LogP contribution in [0, 0.1) is 0 Å². The number of carboxylic acid groups (broad SMARTS) is 1. The Morgan fingerprint density at radius 3 is 2.15 bits per heavy atom. The smallest absolute Gasteiger partial charge is 0.394 e. The first-order valence-electron chi connectivity index (χ1n) is 3.29. The predicted molar refractivity (Wildman–Crippen MR) is 50.0 cm³/mol. The van der Waals surface area contributed by atoms with Crippen LogP contribution in [0.15, 0.2) is 30.3 Å². The summed E-state index contributed by atoms with van der Waals surface area (Å²) < 4.78 is 0. The number of aliphatic carboxylic acids is 1. The third kappa shape index (κ3) is 3.57. The maximum atomic E-state index is 10.6. The summed E-state index contributed by atoms with van der Waals surface area (Å²) >= 11 is 0. The van der Waals surface area contributed by atoms with Crippen molar-refractivity contribution in [3.63, 3.8) is 0 Å². The molecule has 0 radical (unpaired) electrons. The molecule has 1 amide bonds. The number of carbonyl (C=O) groups excluding carboxylic acids is 1. The molecule has 1 aromatic carbocycles. The minimum Gasteiger partial charge on any atom is -0.474 e. The maximum Gasteiger partial charge on any atom is 0.394 e. The average molecular weight is 202 g/mol. The monoisotopic (exact) mass is 201 g/mol. The first-order valence-corrected chi connectivity index (χ1v) is 3.29. The molecule has 0 aliphatic carbocycles. The summed E-state index contributed by atoms with van der Waals surface area (Å²) in [5, 5.41) is 10.4. The number of halogens is 1. The van der Waals surface area contributed by atoms with E-state index >= 15 is 0 Å². The topological polar surface area (TPSA) is 66.4 Å². The van der Waals surface area contributed by atoms with Gasteiger partial charge in [-0.15, -0.1) is 12.4 Å². The van der Waals surface area contributed by atoms with Crippen LogP contribution in [-0.2, 0) is 9.59 Å². The van der Waals surface area contributed by atoms with E-state index in [0.29, 0.717) is 5.69 Å². The Kier molecular flexibility index (Phi) is 4.54. The van der Waals surface area contributed by atoms with Crippen molar-refractivity contribution >= 4 is 30.0 Å². The lowest BCUT2D eigenvalue weighted by molar-refractivity contribution is -0.147. The summed E-state index contributed by atoms with van der Waals surface area (Å²) in [6.07, 6.45) is 0. The highest BCUT2D eigenvalue weighted by molar-refractivity contribution is 6.36. The molecule has 0 unspecified atom stereocenters. The van der Waals surface area contributed by atoms with Crippen molar-refractivity contribution in [3.05, 3.63) is 30.3 Å². The molecule has 5 heteroatoms. The minimum atomic E-state index is -1.49. The van der Waals surface area contributed by atoms with Crippen LogP contribution in [0.1, 0.15) is 0 Å². The number of para-hydroxylation sites is 1. The number of anilines is 1. The summed E-state index contributed by atoms with van der Waals surface area (Å²) in [6.45, 7) is 0. The van der Waals surface area contributed by atoms with Crippen molar-refractivity contribution in [2.24, 2.45) is 0 Å². The van der Waals surface area contributed by atoms with Gasteiger partial charge in [-0.1, -0.05) is 18.2 Å². The fraction of sp³-hybridized carbons (Fsp3) is 0. The van der Waals surface area contributed by atoms with E-state index in [2.05, 4.69) is 5.32 Å². The van der Waals surface area contributed by atoms with Crippen molar-refractivity contribution < 1.29 is 14.7 Å². The van der Waals surface area contributed by atoms with Crippen molar-refractivity contribution in [3.8, 4) is 0 Å². The standard InChI is InChI=1S/C8H7NO3.ClH/c10-7(8(11)12)9-6-4-2-1-3-5-6;/h1-5H,(H,9,10)(H,11,12);1H. The molecule has 0 aliphatic heterocycles. The van der Waals surface area contributed by atoms with Crippen molar-refractivity contribution in [1.29, 1.82) is 0 Å². The van der Waals surface area contributed by atoms with E-state index in [0.717, 1.165) is 0 Å². The molecule has 4 nitrogen and oxygen atoms in total. The Morgan fingerprint density at radius 1 is 1.15 bits per heavy atom. The van der Waals surface area contributed by atoms with Crippen LogP contribution < -0.4 is 5.32 Å². The number of hydrogen-bond donors (Lipinski definition) is 2. The normalized spacial score (nSPS) is 8.31. The van der Waals surface area contributed by atoms with E-state index in [-0.39, 0.29) is 12.4 Å². The van der Waals surface area contributed by atoms with Crippen molar-refractivity contribution in [2.75, 3.05) is 5.32 Å². The van der Waals surface area contributed by atoms with Gasteiger partial charge in [-0.25, -0.2) is 4.79 Å². The van der Waals surface area contributed by atoms with Crippen molar-refractivity contribution in [1.82, 2.24) is 0 Å². The minimum absolute atomic E-state index is 0. The quantitative estimate of drug-likeness (QED) is 0.670. The average Bonchev–Trinajstić information content (AvgIpc) is 2.06. The van der Waals surface area contributed by atoms with E-state index in [1.54, 1.807) is 30.3 Å².